The van der Waals surface area contributed by atoms with E-state index in [1.165, 1.54) is 24.3 Å². The zero-order valence-corrected chi connectivity index (χ0v) is 9.39. The highest BCUT2D eigenvalue weighted by atomic mass is 35.5. The van der Waals surface area contributed by atoms with Crippen molar-refractivity contribution in [3.8, 4) is 0 Å². The van der Waals surface area contributed by atoms with E-state index in [9.17, 15) is 13.2 Å². The summed E-state index contributed by atoms with van der Waals surface area (Å²) < 4.78 is 36.0. The Hall–Kier alpha value is -1.04. The average molecular weight is 254 g/mol. The Morgan fingerprint density at radius 3 is 2.62 bits per heavy atom. The molecule has 3 nitrogen and oxygen atoms in total. The van der Waals surface area contributed by atoms with E-state index in [1.807, 2.05) is 0 Å². The zero-order chi connectivity index (χ0) is 12.2. The fourth-order valence-electron chi connectivity index (χ4n) is 1.05. The lowest BCUT2D eigenvalue weighted by Gasteiger charge is -2.18. The van der Waals surface area contributed by atoms with Gasteiger partial charge in [-0.05, 0) is 0 Å². The Kier molecular flexibility index (Phi) is 4.35. The van der Waals surface area contributed by atoms with Crippen molar-refractivity contribution >= 4 is 17.4 Å². The standard InChI is InChI=1S/C9H11ClF3N3/c1-16(3-2-9(11,12)13)8-6-14-5-7(4-10)15-8/h5-6H,2-4H2,1H3. The number of aromatic nitrogens is 2. The van der Waals surface area contributed by atoms with Crippen LogP contribution in [0.2, 0.25) is 0 Å². The Bertz CT molecular complexity index is 343. The maximum atomic E-state index is 12.0. The number of halogens is 4. The molecular formula is C9H11ClF3N3. The third-order valence-corrected chi connectivity index (χ3v) is 2.20. The zero-order valence-electron chi connectivity index (χ0n) is 8.63. The fraction of sp³-hybridized carbons (Fsp3) is 0.556. The van der Waals surface area contributed by atoms with Gasteiger partial charge in [-0.1, -0.05) is 0 Å². The van der Waals surface area contributed by atoms with Gasteiger partial charge in [0.2, 0.25) is 0 Å². The van der Waals surface area contributed by atoms with E-state index in [0.29, 0.717) is 11.5 Å². The summed E-state index contributed by atoms with van der Waals surface area (Å²) in [6, 6.07) is 0. The van der Waals surface area contributed by atoms with Crippen molar-refractivity contribution in [3.63, 3.8) is 0 Å². The van der Waals surface area contributed by atoms with Crippen molar-refractivity contribution in [2.45, 2.75) is 18.5 Å². The molecule has 0 bridgehead atoms. The van der Waals surface area contributed by atoms with Crippen LogP contribution >= 0.6 is 11.6 Å². The van der Waals surface area contributed by atoms with E-state index in [2.05, 4.69) is 9.97 Å². The summed E-state index contributed by atoms with van der Waals surface area (Å²) in [4.78, 5) is 9.31. The molecular weight excluding hydrogens is 243 g/mol. The fourth-order valence-corrected chi connectivity index (χ4v) is 1.18. The lowest BCUT2D eigenvalue weighted by atomic mass is 10.4. The molecule has 0 saturated heterocycles. The molecule has 1 rings (SSSR count). The van der Waals surface area contributed by atoms with Gasteiger partial charge in [0.05, 0.1) is 24.2 Å². The van der Waals surface area contributed by atoms with Gasteiger partial charge in [-0.25, -0.2) is 4.98 Å². The van der Waals surface area contributed by atoms with Gasteiger partial charge < -0.3 is 4.90 Å². The molecule has 0 radical (unpaired) electrons. The summed E-state index contributed by atoms with van der Waals surface area (Å²) in [5.41, 5.74) is 0.540. The first-order valence-electron chi connectivity index (χ1n) is 4.57. The molecule has 0 amide bonds. The van der Waals surface area contributed by atoms with E-state index in [-0.39, 0.29) is 12.4 Å². The highest BCUT2D eigenvalue weighted by Crippen LogP contribution is 2.20. The second-order valence-corrected chi connectivity index (χ2v) is 3.56. The van der Waals surface area contributed by atoms with Crippen LogP contribution in [0.3, 0.4) is 0 Å². The summed E-state index contributed by atoms with van der Waals surface area (Å²) in [5.74, 6) is 0.580. The Morgan fingerprint density at radius 2 is 2.06 bits per heavy atom. The lowest BCUT2D eigenvalue weighted by molar-refractivity contribution is -0.132. The summed E-state index contributed by atoms with van der Waals surface area (Å²) in [7, 11) is 1.54. The molecule has 0 aliphatic heterocycles. The molecule has 1 heterocycles. The minimum atomic E-state index is -4.16. The van der Waals surface area contributed by atoms with Crippen molar-refractivity contribution < 1.29 is 13.2 Å². The molecule has 0 saturated carbocycles. The van der Waals surface area contributed by atoms with Crippen LogP contribution in [-0.2, 0) is 5.88 Å². The van der Waals surface area contributed by atoms with Crippen LogP contribution in [0.4, 0.5) is 19.0 Å². The van der Waals surface area contributed by atoms with Crippen LogP contribution < -0.4 is 4.90 Å². The van der Waals surface area contributed by atoms with E-state index in [4.69, 9.17) is 11.6 Å². The third-order valence-electron chi connectivity index (χ3n) is 1.93. The van der Waals surface area contributed by atoms with Gasteiger partial charge in [-0.15, -0.1) is 11.6 Å². The molecule has 0 aromatic carbocycles. The molecule has 0 aliphatic rings. The Balaban J connectivity index is 2.62. The number of anilines is 1. The van der Waals surface area contributed by atoms with Gasteiger partial charge in [0.25, 0.3) is 0 Å². The second-order valence-electron chi connectivity index (χ2n) is 3.29. The van der Waals surface area contributed by atoms with Crippen LogP contribution in [-0.4, -0.2) is 29.7 Å². The van der Waals surface area contributed by atoms with Crippen LogP contribution in [0.25, 0.3) is 0 Å². The highest BCUT2D eigenvalue weighted by molar-refractivity contribution is 6.16. The highest BCUT2D eigenvalue weighted by Gasteiger charge is 2.27. The summed E-state index contributed by atoms with van der Waals surface area (Å²) >= 11 is 5.55. The molecule has 1 aromatic heterocycles. The molecule has 0 N–H and O–H groups in total. The molecule has 16 heavy (non-hydrogen) atoms. The molecule has 1 aromatic rings. The molecule has 0 unspecified atom stereocenters. The van der Waals surface area contributed by atoms with E-state index >= 15 is 0 Å². The predicted octanol–water partition coefficient (Wildman–Crippen LogP) is 2.60. The number of hydrogen-bond acceptors (Lipinski definition) is 3. The van der Waals surface area contributed by atoms with Gasteiger partial charge in [-0.2, -0.15) is 13.2 Å². The van der Waals surface area contributed by atoms with Crippen molar-refractivity contribution in [3.05, 3.63) is 18.1 Å². The maximum absolute atomic E-state index is 12.0. The number of alkyl halides is 4. The van der Waals surface area contributed by atoms with E-state index in [0.717, 1.165) is 0 Å². The predicted molar refractivity (Wildman–Crippen MR) is 55.5 cm³/mol. The summed E-state index contributed by atoms with van der Waals surface area (Å²) in [6.07, 6.45) is -2.15. The smallest absolute Gasteiger partial charge is 0.358 e. The average Bonchev–Trinajstić information content (AvgIpc) is 2.25. The topological polar surface area (TPSA) is 29.0 Å². The van der Waals surface area contributed by atoms with Crippen molar-refractivity contribution in [1.29, 1.82) is 0 Å². The number of hydrogen-bond donors (Lipinski definition) is 0. The van der Waals surface area contributed by atoms with Crippen molar-refractivity contribution in [2.24, 2.45) is 0 Å². The first kappa shape index (κ1) is 13.0. The summed E-state index contributed by atoms with van der Waals surface area (Å²) in [6.45, 7) is -0.149. The van der Waals surface area contributed by atoms with Crippen LogP contribution in [0.1, 0.15) is 12.1 Å². The van der Waals surface area contributed by atoms with Crippen molar-refractivity contribution in [1.82, 2.24) is 9.97 Å². The molecule has 0 spiro atoms. The Labute approximate surface area is 96.3 Å². The second kappa shape index (κ2) is 5.34. The van der Waals surface area contributed by atoms with Gasteiger partial charge in [-0.3, -0.25) is 4.98 Å². The molecule has 90 valence electrons. The Morgan fingerprint density at radius 1 is 1.38 bits per heavy atom. The first-order valence-corrected chi connectivity index (χ1v) is 5.10. The van der Waals surface area contributed by atoms with Gasteiger partial charge in [0, 0.05) is 19.8 Å². The molecule has 7 heteroatoms. The first-order chi connectivity index (χ1) is 7.42. The van der Waals surface area contributed by atoms with Gasteiger partial charge in [0.15, 0.2) is 0 Å². The number of rotatable bonds is 4. The van der Waals surface area contributed by atoms with Crippen LogP contribution in [0, 0.1) is 0 Å². The van der Waals surface area contributed by atoms with E-state index in [1.54, 1.807) is 0 Å². The van der Waals surface area contributed by atoms with Gasteiger partial charge in [0.1, 0.15) is 5.82 Å². The largest absolute Gasteiger partial charge is 0.390 e. The number of nitrogens with zero attached hydrogens (tertiary/aromatic N) is 3. The van der Waals surface area contributed by atoms with E-state index < -0.39 is 12.6 Å². The molecule has 0 aliphatic carbocycles. The summed E-state index contributed by atoms with van der Waals surface area (Å²) in [5, 5.41) is 0. The quantitative estimate of drug-likeness (QED) is 0.773. The molecule has 0 fully saturated rings. The monoisotopic (exact) mass is 253 g/mol. The third kappa shape index (κ3) is 4.22. The van der Waals surface area contributed by atoms with Crippen LogP contribution in [0.15, 0.2) is 12.4 Å². The SMILES string of the molecule is CN(CCC(F)(F)F)c1cncc(CCl)n1. The van der Waals surface area contributed by atoms with Crippen molar-refractivity contribution in [2.75, 3.05) is 18.5 Å². The normalized spacial score (nSPS) is 11.6. The van der Waals surface area contributed by atoms with Crippen LogP contribution in [0.5, 0.6) is 0 Å². The van der Waals surface area contributed by atoms with Gasteiger partial charge >= 0.3 is 6.18 Å². The minimum absolute atomic E-state index is 0.149. The lowest BCUT2D eigenvalue weighted by Crippen LogP contribution is -2.25. The maximum Gasteiger partial charge on any atom is 0.390 e. The minimum Gasteiger partial charge on any atom is -0.358 e. The molecule has 0 atom stereocenters.